The maximum absolute atomic E-state index is 6.38. The Balaban J connectivity index is 1.65. The molecule has 0 radical (unpaired) electrons. The summed E-state index contributed by atoms with van der Waals surface area (Å²) < 4.78 is 5.59. The van der Waals surface area contributed by atoms with E-state index >= 15 is 0 Å². The van der Waals surface area contributed by atoms with Crippen LogP contribution in [0.3, 0.4) is 0 Å². The highest BCUT2D eigenvalue weighted by Crippen LogP contribution is 2.38. The molecule has 4 nitrogen and oxygen atoms in total. The van der Waals surface area contributed by atoms with Crippen molar-refractivity contribution in [1.82, 2.24) is 9.88 Å². The minimum atomic E-state index is 0.123. The highest BCUT2D eigenvalue weighted by Gasteiger charge is 2.19. The summed E-state index contributed by atoms with van der Waals surface area (Å²) >= 11 is 6.38. The average molecular weight is 512 g/mol. The molecule has 1 atom stereocenters. The molecule has 0 spiro atoms. The maximum Gasteiger partial charge on any atom is 0.119 e. The molecule has 0 bridgehead atoms. The molecule has 4 aromatic carbocycles. The van der Waals surface area contributed by atoms with E-state index in [9.17, 15) is 0 Å². The third-order valence-corrected chi connectivity index (χ3v) is 7.56. The number of nitrogens with one attached hydrogen (secondary N) is 1. The number of fused-ring (bicyclic) bond motifs is 3. The lowest BCUT2D eigenvalue weighted by atomic mass is 9.94. The molecule has 1 heterocycles. The van der Waals surface area contributed by atoms with Crippen molar-refractivity contribution < 1.29 is 4.74 Å². The highest BCUT2D eigenvalue weighted by molar-refractivity contribution is 6.31. The third kappa shape index (κ3) is 5.36. The van der Waals surface area contributed by atoms with Crippen LogP contribution in [0.2, 0.25) is 5.02 Å². The van der Waals surface area contributed by atoms with Gasteiger partial charge in [-0.3, -0.25) is 0 Å². The number of rotatable bonds is 10. The molecule has 0 amide bonds. The van der Waals surface area contributed by atoms with Gasteiger partial charge in [-0.1, -0.05) is 67.9 Å². The van der Waals surface area contributed by atoms with E-state index in [-0.39, 0.29) is 6.04 Å². The smallest absolute Gasteiger partial charge is 0.119 e. The number of aromatic nitrogens is 1. The predicted octanol–water partition coefficient (Wildman–Crippen LogP) is 8.48. The van der Waals surface area contributed by atoms with Crippen molar-refractivity contribution in [1.29, 1.82) is 0 Å². The Morgan fingerprint density at radius 2 is 1.68 bits per heavy atom. The number of hydrogen-bond acceptors (Lipinski definition) is 4. The quantitative estimate of drug-likeness (QED) is 0.191. The number of ether oxygens (including phenoxy) is 1. The topological polar surface area (TPSA) is 37.4 Å². The summed E-state index contributed by atoms with van der Waals surface area (Å²) in [6.45, 7) is 7.69. The van der Waals surface area contributed by atoms with Gasteiger partial charge in [-0.15, -0.1) is 0 Å². The van der Waals surface area contributed by atoms with Gasteiger partial charge in [0.2, 0.25) is 0 Å². The van der Waals surface area contributed by atoms with Crippen molar-refractivity contribution in [2.75, 3.05) is 32.1 Å². The zero-order valence-electron chi connectivity index (χ0n) is 21.8. The fourth-order valence-electron chi connectivity index (χ4n) is 5.27. The molecule has 0 saturated carbocycles. The fraction of sp³-hybridized carbons (Fsp3) is 0.281. The Kier molecular flexibility index (Phi) is 7.78. The molecule has 1 aromatic heterocycles. The predicted molar refractivity (Wildman–Crippen MR) is 158 cm³/mol. The maximum atomic E-state index is 6.38. The number of methoxy groups -OCH3 is 1. The summed E-state index contributed by atoms with van der Waals surface area (Å²) in [6, 6.07) is 27.4. The van der Waals surface area contributed by atoms with Gasteiger partial charge in [0.25, 0.3) is 0 Å². The lowest BCUT2D eigenvalue weighted by molar-refractivity contribution is 0.294. The van der Waals surface area contributed by atoms with Gasteiger partial charge >= 0.3 is 0 Å². The normalized spacial score (nSPS) is 12.5. The number of nitrogens with zero attached hydrogens (tertiary/aromatic N) is 2. The van der Waals surface area contributed by atoms with Crippen LogP contribution in [0.5, 0.6) is 5.75 Å². The first-order chi connectivity index (χ1) is 18.1. The molecule has 190 valence electrons. The average Bonchev–Trinajstić information content (AvgIpc) is 2.93. The van der Waals surface area contributed by atoms with Crippen molar-refractivity contribution in [3.63, 3.8) is 0 Å². The molecule has 0 unspecified atom stereocenters. The van der Waals surface area contributed by atoms with E-state index < -0.39 is 0 Å². The van der Waals surface area contributed by atoms with Crippen molar-refractivity contribution in [3.05, 3.63) is 89.4 Å². The Hall–Kier alpha value is -3.34. The number of halogens is 1. The standard InChI is InChI=1S/C32H34ClN3O/c1-4-36(5-2)19-9-14-29(26-13-8-11-22-10-6-7-12-25(22)26)35-32-27-17-15-23(33)20-31(27)34-30-18-16-24(37-3)21-28(30)32/h6-8,10-13,15-18,20-21,29H,4-5,9,14,19H2,1-3H3,(H,34,35)/t29-/m1/s1. The number of pyridine rings is 1. The molecular weight excluding hydrogens is 478 g/mol. The van der Waals surface area contributed by atoms with Gasteiger partial charge in [-0.2, -0.15) is 0 Å². The van der Waals surface area contributed by atoms with E-state index in [0.29, 0.717) is 5.02 Å². The van der Waals surface area contributed by atoms with E-state index in [1.807, 2.05) is 24.3 Å². The Bertz CT molecular complexity index is 1520. The number of anilines is 1. The van der Waals surface area contributed by atoms with Gasteiger partial charge in [0, 0.05) is 15.8 Å². The first-order valence-corrected chi connectivity index (χ1v) is 13.5. The summed E-state index contributed by atoms with van der Waals surface area (Å²) in [6.07, 6.45) is 2.10. The Morgan fingerprint density at radius 3 is 2.49 bits per heavy atom. The summed E-state index contributed by atoms with van der Waals surface area (Å²) in [7, 11) is 1.70. The first-order valence-electron chi connectivity index (χ1n) is 13.1. The van der Waals surface area contributed by atoms with Crippen LogP contribution in [0.4, 0.5) is 5.69 Å². The van der Waals surface area contributed by atoms with E-state index in [1.54, 1.807) is 7.11 Å². The molecule has 0 saturated heterocycles. The van der Waals surface area contributed by atoms with Crippen LogP contribution in [0.25, 0.3) is 32.6 Å². The number of hydrogen-bond donors (Lipinski definition) is 1. The summed E-state index contributed by atoms with van der Waals surface area (Å²) in [5.74, 6) is 0.814. The second kappa shape index (κ2) is 11.4. The van der Waals surface area contributed by atoms with Gasteiger partial charge < -0.3 is 15.0 Å². The van der Waals surface area contributed by atoms with E-state index in [0.717, 1.165) is 65.7 Å². The molecule has 0 aliphatic rings. The highest BCUT2D eigenvalue weighted by atomic mass is 35.5. The zero-order valence-corrected chi connectivity index (χ0v) is 22.6. The van der Waals surface area contributed by atoms with Gasteiger partial charge in [-0.25, -0.2) is 4.98 Å². The lowest BCUT2D eigenvalue weighted by Crippen LogP contribution is -2.25. The van der Waals surface area contributed by atoms with Crippen LogP contribution in [0.1, 0.15) is 38.3 Å². The van der Waals surface area contributed by atoms with Crippen LogP contribution >= 0.6 is 11.6 Å². The lowest BCUT2D eigenvalue weighted by Gasteiger charge is -2.26. The van der Waals surface area contributed by atoms with Crippen LogP contribution in [-0.4, -0.2) is 36.6 Å². The van der Waals surface area contributed by atoms with Crippen molar-refractivity contribution in [3.8, 4) is 5.75 Å². The zero-order chi connectivity index (χ0) is 25.8. The second-order valence-corrected chi connectivity index (χ2v) is 9.90. The molecule has 1 N–H and O–H groups in total. The third-order valence-electron chi connectivity index (χ3n) is 7.32. The molecule has 0 aliphatic carbocycles. The van der Waals surface area contributed by atoms with E-state index in [4.69, 9.17) is 21.3 Å². The minimum absolute atomic E-state index is 0.123. The monoisotopic (exact) mass is 511 g/mol. The molecular formula is C32H34ClN3O. The summed E-state index contributed by atoms with van der Waals surface area (Å²) in [5, 5.41) is 9.32. The Labute approximate surface area is 224 Å². The molecule has 5 aromatic rings. The van der Waals surface area contributed by atoms with Gasteiger partial charge in [0.05, 0.1) is 29.9 Å². The molecule has 5 rings (SSSR count). The minimum Gasteiger partial charge on any atom is -0.497 e. The fourth-order valence-corrected chi connectivity index (χ4v) is 5.44. The Morgan fingerprint density at radius 1 is 0.865 bits per heavy atom. The van der Waals surface area contributed by atoms with Crippen LogP contribution in [-0.2, 0) is 0 Å². The van der Waals surface area contributed by atoms with Gasteiger partial charge in [-0.05, 0) is 85.2 Å². The largest absolute Gasteiger partial charge is 0.497 e. The van der Waals surface area contributed by atoms with Crippen LogP contribution in [0, 0.1) is 0 Å². The van der Waals surface area contributed by atoms with Gasteiger partial charge in [0.1, 0.15) is 5.75 Å². The van der Waals surface area contributed by atoms with Crippen molar-refractivity contribution in [2.45, 2.75) is 32.7 Å². The number of benzene rings is 4. The summed E-state index contributed by atoms with van der Waals surface area (Å²) in [4.78, 5) is 7.42. The SMILES string of the molecule is CCN(CC)CCC[C@@H](Nc1c2ccc(Cl)cc2nc2ccc(OC)cc12)c1cccc2ccccc12. The second-order valence-electron chi connectivity index (χ2n) is 9.47. The molecule has 0 aliphatic heterocycles. The van der Waals surface area contributed by atoms with E-state index in [1.165, 1.54) is 16.3 Å². The van der Waals surface area contributed by atoms with Crippen LogP contribution < -0.4 is 10.1 Å². The molecule has 37 heavy (non-hydrogen) atoms. The molecule has 0 fully saturated rings. The first kappa shape index (κ1) is 25.3. The summed E-state index contributed by atoms with van der Waals surface area (Å²) in [5.41, 5.74) is 4.18. The van der Waals surface area contributed by atoms with E-state index in [2.05, 4.69) is 78.7 Å². The molecule has 5 heteroatoms. The van der Waals surface area contributed by atoms with Crippen molar-refractivity contribution >= 4 is 49.9 Å². The van der Waals surface area contributed by atoms with Crippen molar-refractivity contribution in [2.24, 2.45) is 0 Å². The van der Waals surface area contributed by atoms with Gasteiger partial charge in [0.15, 0.2) is 0 Å². The van der Waals surface area contributed by atoms with Crippen LogP contribution in [0.15, 0.2) is 78.9 Å².